The van der Waals surface area contributed by atoms with E-state index in [0.717, 1.165) is 32.8 Å². The highest BCUT2D eigenvalue weighted by Crippen LogP contribution is 2.28. The fourth-order valence-corrected chi connectivity index (χ4v) is 3.77. The number of nitrogens with zero attached hydrogens (tertiary/aromatic N) is 3. The summed E-state index contributed by atoms with van der Waals surface area (Å²) < 4.78 is 5.48. The van der Waals surface area contributed by atoms with E-state index in [1.165, 1.54) is 9.75 Å². The number of rotatable bonds is 5. The molecule has 120 valence electrons. The molecule has 5 nitrogen and oxygen atoms in total. The van der Waals surface area contributed by atoms with E-state index >= 15 is 0 Å². The van der Waals surface area contributed by atoms with Crippen LogP contribution in [0.3, 0.4) is 0 Å². The molecule has 0 unspecified atom stereocenters. The number of thiophene rings is 1. The lowest BCUT2D eigenvalue weighted by molar-refractivity contribution is 0.0194. The molecule has 0 radical (unpaired) electrons. The lowest BCUT2D eigenvalue weighted by atomic mass is 10.1. The van der Waals surface area contributed by atoms with Crippen LogP contribution in [-0.4, -0.2) is 42.7 Å². The van der Waals surface area contributed by atoms with Crippen molar-refractivity contribution in [3.8, 4) is 6.07 Å². The zero-order chi connectivity index (χ0) is 16.1. The molecule has 0 aromatic carbocycles. The van der Waals surface area contributed by atoms with Crippen molar-refractivity contribution in [3.63, 3.8) is 0 Å². The predicted molar refractivity (Wildman–Crippen MR) is 91.6 cm³/mol. The second kappa shape index (κ2) is 7.55. The summed E-state index contributed by atoms with van der Waals surface area (Å²) in [4.78, 5) is 9.39. The summed E-state index contributed by atoms with van der Waals surface area (Å²) in [5.74, 6) is 0.654. The Morgan fingerprint density at radius 1 is 1.39 bits per heavy atom. The predicted octanol–water partition coefficient (Wildman–Crippen LogP) is 2.81. The first kappa shape index (κ1) is 15.9. The summed E-state index contributed by atoms with van der Waals surface area (Å²) in [7, 11) is 0. The molecule has 23 heavy (non-hydrogen) atoms. The van der Waals surface area contributed by atoms with Crippen LogP contribution in [0.1, 0.15) is 21.4 Å². The van der Waals surface area contributed by atoms with Gasteiger partial charge in [0.25, 0.3) is 0 Å². The van der Waals surface area contributed by atoms with Crippen molar-refractivity contribution in [3.05, 3.63) is 45.8 Å². The van der Waals surface area contributed by atoms with E-state index in [0.29, 0.717) is 11.4 Å². The first-order valence-electron chi connectivity index (χ1n) is 7.75. The van der Waals surface area contributed by atoms with Crippen molar-refractivity contribution >= 4 is 17.2 Å². The molecule has 3 heterocycles. The Labute approximate surface area is 140 Å². The number of morpholine rings is 1. The van der Waals surface area contributed by atoms with Crippen LogP contribution in [0, 0.1) is 18.3 Å². The number of aryl methyl sites for hydroxylation is 1. The maximum Gasteiger partial charge on any atom is 0.143 e. The normalized spacial score (nSPS) is 16.7. The average Bonchev–Trinajstić information content (AvgIpc) is 3.02. The van der Waals surface area contributed by atoms with Gasteiger partial charge >= 0.3 is 0 Å². The molecule has 1 N–H and O–H groups in total. The van der Waals surface area contributed by atoms with Gasteiger partial charge in [0.2, 0.25) is 0 Å². The van der Waals surface area contributed by atoms with Gasteiger partial charge in [-0.15, -0.1) is 11.3 Å². The summed E-state index contributed by atoms with van der Waals surface area (Å²) in [5, 5.41) is 12.6. The molecular weight excluding hydrogens is 308 g/mol. The van der Waals surface area contributed by atoms with E-state index in [-0.39, 0.29) is 6.04 Å². The fourth-order valence-electron chi connectivity index (χ4n) is 2.76. The molecule has 3 rings (SSSR count). The van der Waals surface area contributed by atoms with Crippen molar-refractivity contribution in [2.24, 2.45) is 0 Å². The molecule has 0 bridgehead atoms. The fraction of sp³-hybridized carbons (Fsp3) is 0.412. The van der Waals surface area contributed by atoms with Gasteiger partial charge in [0.05, 0.1) is 24.8 Å². The second-order valence-corrected chi connectivity index (χ2v) is 6.82. The molecule has 1 fully saturated rings. The second-order valence-electron chi connectivity index (χ2n) is 5.50. The van der Waals surface area contributed by atoms with Crippen molar-refractivity contribution in [1.82, 2.24) is 9.88 Å². The smallest absolute Gasteiger partial charge is 0.143 e. The summed E-state index contributed by atoms with van der Waals surface area (Å²) in [6.45, 7) is 6.26. The molecule has 1 atom stereocenters. The number of nitrogens with one attached hydrogen (secondary N) is 1. The van der Waals surface area contributed by atoms with Gasteiger partial charge in [0.15, 0.2) is 0 Å². The SMILES string of the molecule is Cc1ccc([C@H](CNc2ncccc2C#N)N2CCOCC2)s1. The van der Waals surface area contributed by atoms with E-state index in [2.05, 4.69) is 40.3 Å². The molecular formula is C17H20N4OS. The van der Waals surface area contributed by atoms with E-state index in [1.54, 1.807) is 18.3 Å². The van der Waals surface area contributed by atoms with Gasteiger partial charge in [0, 0.05) is 35.6 Å². The van der Waals surface area contributed by atoms with Crippen LogP contribution >= 0.6 is 11.3 Å². The maximum absolute atomic E-state index is 9.20. The van der Waals surface area contributed by atoms with E-state index in [1.807, 2.05) is 11.3 Å². The van der Waals surface area contributed by atoms with Gasteiger partial charge in [-0.05, 0) is 31.2 Å². The minimum atomic E-state index is 0.270. The Balaban J connectivity index is 1.77. The van der Waals surface area contributed by atoms with Gasteiger partial charge in [-0.25, -0.2) is 4.98 Å². The quantitative estimate of drug-likeness (QED) is 0.914. The Kier molecular flexibility index (Phi) is 5.23. The highest BCUT2D eigenvalue weighted by atomic mass is 32.1. The molecule has 6 heteroatoms. The van der Waals surface area contributed by atoms with Gasteiger partial charge in [0.1, 0.15) is 11.9 Å². The third kappa shape index (κ3) is 3.88. The van der Waals surface area contributed by atoms with Crippen LogP contribution in [0.15, 0.2) is 30.5 Å². The number of nitriles is 1. The van der Waals surface area contributed by atoms with Crippen molar-refractivity contribution in [2.75, 3.05) is 38.2 Å². The minimum absolute atomic E-state index is 0.270. The van der Waals surface area contributed by atoms with Crippen molar-refractivity contribution in [1.29, 1.82) is 5.26 Å². The lowest BCUT2D eigenvalue weighted by Crippen LogP contribution is -2.41. The van der Waals surface area contributed by atoms with Crippen LogP contribution in [0.25, 0.3) is 0 Å². The summed E-state index contributed by atoms with van der Waals surface area (Å²) in [5.41, 5.74) is 0.579. The highest BCUT2D eigenvalue weighted by molar-refractivity contribution is 7.12. The first-order valence-corrected chi connectivity index (χ1v) is 8.56. The molecule has 0 spiro atoms. The Morgan fingerprint density at radius 2 is 2.22 bits per heavy atom. The van der Waals surface area contributed by atoms with Gasteiger partial charge in [-0.3, -0.25) is 4.90 Å². The molecule has 0 amide bonds. The summed E-state index contributed by atoms with van der Waals surface area (Å²) >= 11 is 1.83. The van der Waals surface area contributed by atoms with E-state index < -0.39 is 0 Å². The number of pyridine rings is 1. The highest BCUT2D eigenvalue weighted by Gasteiger charge is 2.24. The summed E-state index contributed by atoms with van der Waals surface area (Å²) in [6, 6.07) is 10.4. The maximum atomic E-state index is 9.20. The first-order chi connectivity index (χ1) is 11.3. The van der Waals surface area contributed by atoms with Gasteiger partial charge in [-0.1, -0.05) is 0 Å². The molecule has 0 aliphatic carbocycles. The van der Waals surface area contributed by atoms with Crippen molar-refractivity contribution in [2.45, 2.75) is 13.0 Å². The van der Waals surface area contributed by atoms with E-state index in [9.17, 15) is 5.26 Å². The zero-order valence-corrected chi connectivity index (χ0v) is 14.0. The molecule has 2 aromatic rings. The summed E-state index contributed by atoms with van der Waals surface area (Å²) in [6.07, 6.45) is 1.71. The van der Waals surface area contributed by atoms with Crippen molar-refractivity contribution < 1.29 is 4.74 Å². The van der Waals surface area contributed by atoms with Crippen LogP contribution in [-0.2, 0) is 4.74 Å². The molecule has 2 aromatic heterocycles. The third-order valence-electron chi connectivity index (χ3n) is 3.97. The zero-order valence-electron chi connectivity index (χ0n) is 13.2. The average molecular weight is 328 g/mol. The van der Waals surface area contributed by atoms with Crippen LogP contribution in [0.5, 0.6) is 0 Å². The Bertz CT molecular complexity index is 688. The largest absolute Gasteiger partial charge is 0.379 e. The molecule has 1 aliphatic rings. The van der Waals surface area contributed by atoms with E-state index in [4.69, 9.17) is 4.74 Å². The number of aromatic nitrogens is 1. The molecule has 1 saturated heterocycles. The minimum Gasteiger partial charge on any atom is -0.379 e. The Hall–Kier alpha value is -1.94. The van der Waals surface area contributed by atoms with Gasteiger partial charge in [-0.2, -0.15) is 5.26 Å². The van der Waals surface area contributed by atoms with Crippen LogP contribution in [0.2, 0.25) is 0 Å². The molecule has 1 aliphatic heterocycles. The third-order valence-corrected chi connectivity index (χ3v) is 5.07. The lowest BCUT2D eigenvalue weighted by Gasteiger charge is -2.34. The number of hydrogen-bond donors (Lipinski definition) is 1. The van der Waals surface area contributed by atoms with Crippen LogP contribution < -0.4 is 5.32 Å². The van der Waals surface area contributed by atoms with Gasteiger partial charge < -0.3 is 10.1 Å². The topological polar surface area (TPSA) is 61.2 Å². The van der Waals surface area contributed by atoms with Crippen LogP contribution in [0.4, 0.5) is 5.82 Å². The molecule has 0 saturated carbocycles. The number of ether oxygens (including phenoxy) is 1. The number of hydrogen-bond acceptors (Lipinski definition) is 6. The number of anilines is 1. The monoisotopic (exact) mass is 328 g/mol. The Morgan fingerprint density at radius 3 is 2.91 bits per heavy atom. The standard InChI is InChI=1S/C17H20N4OS/c1-13-4-5-16(23-13)15(21-7-9-22-10-8-21)12-20-17-14(11-18)3-2-6-19-17/h2-6,15H,7-10,12H2,1H3,(H,19,20)/t15-/m0/s1.